The minimum absolute atomic E-state index is 0.0774. The molecule has 0 radical (unpaired) electrons. The van der Waals surface area contributed by atoms with E-state index in [4.69, 9.17) is 37.7 Å². The third kappa shape index (κ3) is 6.32. The van der Waals surface area contributed by atoms with E-state index in [1.165, 1.54) is 7.11 Å². The first kappa shape index (κ1) is 32.6. The van der Waals surface area contributed by atoms with Crippen LogP contribution in [-0.4, -0.2) is 71.6 Å². The predicted octanol–water partition coefficient (Wildman–Crippen LogP) is 6.50. The first-order valence-corrected chi connectivity index (χ1v) is 16.6. The highest BCUT2D eigenvalue weighted by molar-refractivity contribution is 6.39. The van der Waals surface area contributed by atoms with Crippen LogP contribution in [0.15, 0.2) is 48.7 Å². The van der Waals surface area contributed by atoms with Crippen molar-refractivity contribution in [2.24, 2.45) is 0 Å². The van der Waals surface area contributed by atoms with Crippen LogP contribution in [-0.2, 0) is 17.8 Å². The number of methoxy groups -OCH3 is 2. The Kier molecular flexibility index (Phi) is 8.97. The maximum Gasteiger partial charge on any atom is 0.272 e. The van der Waals surface area contributed by atoms with E-state index in [9.17, 15) is 13.6 Å². The molecule has 0 bridgehead atoms. The van der Waals surface area contributed by atoms with Gasteiger partial charge in [0.25, 0.3) is 5.92 Å². The second kappa shape index (κ2) is 13.2. The number of aromatic nitrogens is 3. The minimum atomic E-state index is -2.67. The standard InChI is InChI=1S/C35H34Cl2F2N6O3/c1-47-33-28(16-45-17-35(38,39)18-45)41-15-27(44-33)24-8-4-6-22(32(24)37)21-5-3-7-23(31(21)36)26-13-19-9-11-25(30(19)34(43-26)48-2)40-14-20-10-12-29(46)42-20/h3-8,13,15,20,25,40H,9-12,14,16-18H2,1-2H3,(H,42,46). The Morgan fingerprint density at radius 3 is 2.21 bits per heavy atom. The van der Waals surface area contributed by atoms with Gasteiger partial charge >= 0.3 is 0 Å². The maximum absolute atomic E-state index is 13.4. The fourth-order valence-corrected chi connectivity index (χ4v) is 7.47. The number of rotatable bonds is 10. The monoisotopic (exact) mass is 694 g/mol. The maximum atomic E-state index is 13.4. The number of carbonyl (C=O) groups is 1. The largest absolute Gasteiger partial charge is 0.481 e. The Balaban J connectivity index is 1.16. The van der Waals surface area contributed by atoms with Crippen molar-refractivity contribution in [1.82, 2.24) is 30.5 Å². The summed E-state index contributed by atoms with van der Waals surface area (Å²) in [5.74, 6) is -1.77. The summed E-state index contributed by atoms with van der Waals surface area (Å²) < 4.78 is 38.0. The molecule has 48 heavy (non-hydrogen) atoms. The molecule has 2 atom stereocenters. The number of alkyl halides is 2. The summed E-state index contributed by atoms with van der Waals surface area (Å²) in [4.78, 5) is 27.2. The van der Waals surface area contributed by atoms with Crippen LogP contribution >= 0.6 is 23.2 Å². The van der Waals surface area contributed by atoms with Crippen LogP contribution in [0.2, 0.25) is 10.0 Å². The Morgan fingerprint density at radius 2 is 1.58 bits per heavy atom. The molecule has 7 rings (SSSR count). The fraction of sp³-hybridized carbons (Fsp3) is 0.371. The van der Waals surface area contributed by atoms with E-state index in [-0.39, 0.29) is 43.5 Å². The van der Waals surface area contributed by atoms with E-state index in [1.54, 1.807) is 18.2 Å². The molecule has 2 saturated heterocycles. The Hall–Kier alpha value is -3.90. The van der Waals surface area contributed by atoms with E-state index in [0.29, 0.717) is 57.1 Å². The molecule has 2 aliphatic heterocycles. The van der Waals surface area contributed by atoms with Gasteiger partial charge in [-0.2, -0.15) is 0 Å². The Labute approximate surface area is 287 Å². The van der Waals surface area contributed by atoms with Crippen LogP contribution in [0.3, 0.4) is 0 Å². The molecule has 250 valence electrons. The quantitative estimate of drug-likeness (QED) is 0.194. The molecule has 1 aliphatic carbocycles. The van der Waals surface area contributed by atoms with Gasteiger partial charge in [0.2, 0.25) is 17.7 Å². The van der Waals surface area contributed by atoms with Gasteiger partial charge in [-0.05, 0) is 30.9 Å². The number of amides is 1. The number of aryl methyl sites for hydroxylation is 1. The number of nitrogens with zero attached hydrogens (tertiary/aromatic N) is 4. The highest BCUT2D eigenvalue weighted by atomic mass is 35.5. The van der Waals surface area contributed by atoms with E-state index >= 15 is 0 Å². The van der Waals surface area contributed by atoms with Gasteiger partial charge in [-0.1, -0.05) is 59.6 Å². The summed E-state index contributed by atoms with van der Waals surface area (Å²) in [7, 11) is 3.09. The summed E-state index contributed by atoms with van der Waals surface area (Å²) in [6, 6.07) is 13.6. The molecule has 13 heteroatoms. The number of fused-ring (bicyclic) bond motifs is 1. The van der Waals surface area contributed by atoms with Crippen molar-refractivity contribution in [2.75, 3.05) is 33.9 Å². The third-order valence-electron chi connectivity index (χ3n) is 9.18. The fourth-order valence-electron chi connectivity index (χ4n) is 6.82. The molecule has 1 amide bonds. The first-order valence-electron chi connectivity index (χ1n) is 15.8. The van der Waals surface area contributed by atoms with Crippen molar-refractivity contribution < 1.29 is 23.0 Å². The summed E-state index contributed by atoms with van der Waals surface area (Å²) >= 11 is 14.2. The number of benzene rings is 2. The van der Waals surface area contributed by atoms with Crippen molar-refractivity contribution in [3.05, 3.63) is 75.5 Å². The zero-order valence-electron chi connectivity index (χ0n) is 26.5. The van der Waals surface area contributed by atoms with Crippen molar-refractivity contribution in [1.29, 1.82) is 0 Å². The highest BCUT2D eigenvalue weighted by Crippen LogP contribution is 2.44. The van der Waals surface area contributed by atoms with Gasteiger partial charge in [-0.15, -0.1) is 0 Å². The minimum Gasteiger partial charge on any atom is -0.481 e. The highest BCUT2D eigenvalue weighted by Gasteiger charge is 2.44. The average Bonchev–Trinajstić information content (AvgIpc) is 3.68. The molecule has 2 fully saturated rings. The van der Waals surface area contributed by atoms with Gasteiger partial charge in [0.15, 0.2) is 0 Å². The zero-order valence-corrected chi connectivity index (χ0v) is 28.0. The predicted molar refractivity (Wildman–Crippen MR) is 180 cm³/mol. The van der Waals surface area contributed by atoms with Crippen molar-refractivity contribution in [2.45, 2.75) is 50.2 Å². The number of halogens is 4. The van der Waals surface area contributed by atoms with Gasteiger partial charge in [0.05, 0.1) is 54.9 Å². The van der Waals surface area contributed by atoms with Crippen LogP contribution < -0.4 is 20.1 Å². The molecule has 2 unspecified atom stereocenters. The van der Waals surface area contributed by atoms with Gasteiger partial charge in [-0.25, -0.2) is 18.7 Å². The van der Waals surface area contributed by atoms with Gasteiger partial charge < -0.3 is 20.1 Å². The lowest BCUT2D eigenvalue weighted by Crippen LogP contribution is -2.55. The average molecular weight is 696 g/mol. The number of nitrogens with one attached hydrogen (secondary N) is 2. The molecule has 3 aliphatic rings. The first-order chi connectivity index (χ1) is 23.1. The SMILES string of the molecule is COc1nc(-c2cccc(-c3cccc(-c4cc5c(c(OC)n4)C(NCC4CCC(=O)N4)CC5)c3Cl)c2Cl)cnc1CN1CC(F)(F)C1. The number of ether oxygens (including phenoxy) is 2. The summed E-state index contributed by atoms with van der Waals surface area (Å²) in [5.41, 5.74) is 6.61. The van der Waals surface area contributed by atoms with Gasteiger partial charge in [0.1, 0.15) is 5.69 Å². The summed E-state index contributed by atoms with van der Waals surface area (Å²) in [6.45, 7) is 0.264. The molecular formula is C35H34Cl2F2N6O3. The van der Waals surface area contributed by atoms with Crippen LogP contribution in [0.5, 0.6) is 11.8 Å². The molecule has 0 saturated carbocycles. The molecule has 0 spiro atoms. The van der Waals surface area contributed by atoms with E-state index in [1.807, 2.05) is 36.4 Å². The number of likely N-dealkylation sites (tertiary alicyclic amines) is 1. The van der Waals surface area contributed by atoms with E-state index in [0.717, 1.165) is 41.5 Å². The molecule has 2 N–H and O–H groups in total. The van der Waals surface area contributed by atoms with Gasteiger partial charge in [0, 0.05) is 59.4 Å². The Morgan fingerprint density at radius 1 is 0.938 bits per heavy atom. The number of carbonyl (C=O) groups excluding carboxylic acids is 1. The van der Waals surface area contributed by atoms with Crippen molar-refractivity contribution >= 4 is 29.1 Å². The number of pyridine rings is 1. The zero-order chi connectivity index (χ0) is 33.6. The second-order valence-electron chi connectivity index (χ2n) is 12.4. The van der Waals surface area contributed by atoms with Crippen molar-refractivity contribution in [3.63, 3.8) is 0 Å². The molecular weight excluding hydrogens is 661 g/mol. The lowest BCUT2D eigenvalue weighted by Gasteiger charge is -2.38. The third-order valence-corrected chi connectivity index (χ3v) is 9.99. The normalized spacial score (nSPS) is 19.9. The molecule has 2 aromatic carbocycles. The van der Waals surface area contributed by atoms with Crippen molar-refractivity contribution in [3.8, 4) is 45.4 Å². The molecule has 2 aromatic heterocycles. The number of hydrogen-bond donors (Lipinski definition) is 2. The van der Waals surface area contributed by atoms with Gasteiger partial charge in [-0.3, -0.25) is 14.7 Å². The van der Waals surface area contributed by atoms with E-state index < -0.39 is 5.92 Å². The molecule has 4 heterocycles. The lowest BCUT2D eigenvalue weighted by molar-refractivity contribution is -0.134. The second-order valence-corrected chi connectivity index (χ2v) is 13.2. The Bertz CT molecular complexity index is 1890. The lowest BCUT2D eigenvalue weighted by atomic mass is 9.97. The van der Waals surface area contributed by atoms with Crippen LogP contribution in [0, 0.1) is 0 Å². The smallest absolute Gasteiger partial charge is 0.272 e. The molecule has 4 aromatic rings. The molecule has 9 nitrogen and oxygen atoms in total. The van der Waals surface area contributed by atoms with Crippen LogP contribution in [0.1, 0.15) is 42.1 Å². The summed E-state index contributed by atoms with van der Waals surface area (Å²) in [6.07, 6.45) is 4.73. The van der Waals surface area contributed by atoms with Crippen LogP contribution in [0.4, 0.5) is 8.78 Å². The van der Waals surface area contributed by atoms with E-state index in [2.05, 4.69) is 26.7 Å². The summed E-state index contributed by atoms with van der Waals surface area (Å²) in [5, 5.41) is 7.53. The van der Waals surface area contributed by atoms with Crippen LogP contribution in [0.25, 0.3) is 33.6 Å². The number of hydrogen-bond acceptors (Lipinski definition) is 8. The topological polar surface area (TPSA) is 102 Å².